The van der Waals surface area contributed by atoms with Gasteiger partial charge in [0.25, 0.3) is 0 Å². The van der Waals surface area contributed by atoms with Crippen LogP contribution < -0.4 is 5.32 Å². The number of ether oxygens (including phenoxy) is 1. The molecule has 0 saturated carbocycles. The molecule has 0 radical (unpaired) electrons. The van der Waals surface area contributed by atoms with E-state index in [0.717, 1.165) is 51.4 Å². The Hall–Kier alpha value is -1.85. The first kappa shape index (κ1) is 43.1. The van der Waals surface area contributed by atoms with Gasteiger partial charge in [0.2, 0.25) is 5.91 Å². The zero-order valence-corrected chi connectivity index (χ0v) is 29.7. The van der Waals surface area contributed by atoms with Gasteiger partial charge in [-0.05, 0) is 44.6 Å². The number of hydrogen-bond acceptors (Lipinski definition) is 4. The first-order chi connectivity index (χ1) is 22.0. The lowest BCUT2D eigenvalue weighted by Gasteiger charge is -2.15. The van der Waals surface area contributed by atoms with Crippen molar-refractivity contribution in [2.75, 3.05) is 6.54 Å². The fourth-order valence-electron chi connectivity index (χ4n) is 5.78. The minimum atomic E-state index is -1.02. The van der Waals surface area contributed by atoms with Gasteiger partial charge in [-0.3, -0.25) is 14.4 Å². The lowest BCUT2D eigenvalue weighted by molar-refractivity contribution is -0.147. The molecule has 0 fully saturated rings. The van der Waals surface area contributed by atoms with Crippen molar-refractivity contribution in [3.05, 3.63) is 12.2 Å². The SMILES string of the molecule is CCCCCCCC/C=C\C(CCCCCCC(=O)NCC(=O)O)OC(=O)CCCCCCCCCCCCCCCCCC. The Labute approximate surface area is 278 Å². The molecule has 0 aliphatic carbocycles. The van der Waals surface area contributed by atoms with Gasteiger partial charge in [0.1, 0.15) is 12.6 Å². The molecule has 1 unspecified atom stereocenters. The van der Waals surface area contributed by atoms with Crippen LogP contribution in [-0.4, -0.2) is 35.6 Å². The Bertz CT molecular complexity index is 708. The quantitative estimate of drug-likeness (QED) is 0.0410. The molecule has 264 valence electrons. The van der Waals surface area contributed by atoms with Gasteiger partial charge in [-0.2, -0.15) is 0 Å². The molecule has 1 atom stereocenters. The zero-order chi connectivity index (χ0) is 33.1. The van der Waals surface area contributed by atoms with Gasteiger partial charge in [0, 0.05) is 12.8 Å². The number of carboxylic acids is 1. The number of esters is 1. The number of amides is 1. The molecular weight excluding hydrogens is 562 g/mol. The summed E-state index contributed by atoms with van der Waals surface area (Å²) in [5.41, 5.74) is 0. The Balaban J connectivity index is 4.06. The van der Waals surface area contributed by atoms with Crippen molar-refractivity contribution in [1.29, 1.82) is 0 Å². The lowest BCUT2D eigenvalue weighted by atomic mass is 10.0. The monoisotopic (exact) mass is 636 g/mol. The Morgan fingerprint density at radius 1 is 0.578 bits per heavy atom. The molecule has 2 N–H and O–H groups in total. The highest BCUT2D eigenvalue weighted by Crippen LogP contribution is 2.16. The summed E-state index contributed by atoms with van der Waals surface area (Å²) in [7, 11) is 0. The Morgan fingerprint density at radius 3 is 1.49 bits per heavy atom. The lowest BCUT2D eigenvalue weighted by Crippen LogP contribution is -2.28. The first-order valence-electron chi connectivity index (χ1n) is 19.3. The smallest absolute Gasteiger partial charge is 0.322 e. The maximum atomic E-state index is 12.6. The highest BCUT2D eigenvalue weighted by atomic mass is 16.5. The van der Waals surface area contributed by atoms with Crippen molar-refractivity contribution in [1.82, 2.24) is 5.32 Å². The van der Waals surface area contributed by atoms with Crippen molar-refractivity contribution in [2.45, 2.75) is 213 Å². The molecule has 0 rings (SSSR count). The topological polar surface area (TPSA) is 92.7 Å². The molecule has 0 aromatic heterocycles. The second kappa shape index (κ2) is 35.0. The van der Waals surface area contributed by atoms with Crippen molar-refractivity contribution in [2.24, 2.45) is 0 Å². The van der Waals surface area contributed by atoms with Crippen LogP contribution in [-0.2, 0) is 19.1 Å². The number of aliphatic carboxylic acids is 1. The third kappa shape index (κ3) is 34.9. The second-order valence-corrected chi connectivity index (χ2v) is 13.2. The molecule has 0 aromatic carbocycles. The normalized spacial score (nSPS) is 12.0. The van der Waals surface area contributed by atoms with Crippen LogP contribution in [0.25, 0.3) is 0 Å². The second-order valence-electron chi connectivity index (χ2n) is 13.2. The van der Waals surface area contributed by atoms with Crippen LogP contribution in [0.15, 0.2) is 12.2 Å². The summed E-state index contributed by atoms with van der Waals surface area (Å²) in [5.74, 6) is -1.32. The van der Waals surface area contributed by atoms with E-state index in [0.29, 0.717) is 12.8 Å². The molecule has 0 aliphatic heterocycles. The van der Waals surface area contributed by atoms with E-state index in [2.05, 4.69) is 31.3 Å². The van der Waals surface area contributed by atoms with Crippen LogP contribution in [0.1, 0.15) is 206 Å². The fraction of sp³-hybridized carbons (Fsp3) is 0.872. The van der Waals surface area contributed by atoms with Crippen LogP contribution in [0.3, 0.4) is 0 Å². The highest BCUT2D eigenvalue weighted by Gasteiger charge is 2.12. The molecule has 1 amide bonds. The van der Waals surface area contributed by atoms with Gasteiger partial charge in [-0.15, -0.1) is 0 Å². The zero-order valence-electron chi connectivity index (χ0n) is 29.7. The fourth-order valence-corrected chi connectivity index (χ4v) is 5.78. The molecule has 45 heavy (non-hydrogen) atoms. The van der Waals surface area contributed by atoms with E-state index in [1.54, 1.807) is 0 Å². The van der Waals surface area contributed by atoms with Gasteiger partial charge < -0.3 is 15.2 Å². The van der Waals surface area contributed by atoms with Gasteiger partial charge >= 0.3 is 11.9 Å². The van der Waals surface area contributed by atoms with E-state index < -0.39 is 5.97 Å². The molecule has 6 heteroatoms. The number of carbonyl (C=O) groups excluding carboxylic acids is 2. The van der Waals surface area contributed by atoms with Crippen molar-refractivity contribution in [3.8, 4) is 0 Å². The molecular formula is C39H73NO5. The van der Waals surface area contributed by atoms with Crippen LogP contribution >= 0.6 is 0 Å². The average Bonchev–Trinajstić information content (AvgIpc) is 3.02. The van der Waals surface area contributed by atoms with Crippen molar-refractivity contribution >= 4 is 17.8 Å². The largest absolute Gasteiger partial charge is 0.480 e. The van der Waals surface area contributed by atoms with Gasteiger partial charge in [-0.1, -0.05) is 161 Å². The van der Waals surface area contributed by atoms with Crippen LogP contribution in [0.5, 0.6) is 0 Å². The number of carboxylic acid groups (broad SMARTS) is 1. The van der Waals surface area contributed by atoms with E-state index in [-0.39, 0.29) is 24.5 Å². The number of hydrogen-bond donors (Lipinski definition) is 2. The van der Waals surface area contributed by atoms with E-state index in [1.165, 1.54) is 128 Å². The van der Waals surface area contributed by atoms with E-state index in [4.69, 9.17) is 9.84 Å². The predicted octanol–water partition coefficient (Wildman–Crippen LogP) is 11.4. The summed E-state index contributed by atoms with van der Waals surface area (Å²) in [6.45, 7) is 4.19. The molecule has 0 heterocycles. The van der Waals surface area contributed by atoms with Crippen LogP contribution in [0, 0.1) is 0 Å². The summed E-state index contributed by atoms with van der Waals surface area (Å²) < 4.78 is 5.89. The summed E-state index contributed by atoms with van der Waals surface area (Å²) >= 11 is 0. The number of carbonyl (C=O) groups is 3. The summed E-state index contributed by atoms with van der Waals surface area (Å²) in [6.07, 6.45) is 39.2. The molecule has 6 nitrogen and oxygen atoms in total. The maximum absolute atomic E-state index is 12.6. The summed E-state index contributed by atoms with van der Waals surface area (Å²) in [6, 6.07) is 0. The van der Waals surface area contributed by atoms with Crippen molar-refractivity contribution < 1.29 is 24.2 Å². The first-order valence-corrected chi connectivity index (χ1v) is 19.3. The van der Waals surface area contributed by atoms with Crippen LogP contribution in [0.4, 0.5) is 0 Å². The third-order valence-corrected chi connectivity index (χ3v) is 8.67. The predicted molar refractivity (Wildman–Crippen MR) is 190 cm³/mol. The van der Waals surface area contributed by atoms with Crippen molar-refractivity contribution in [3.63, 3.8) is 0 Å². The number of nitrogens with one attached hydrogen (secondary N) is 1. The highest BCUT2D eigenvalue weighted by molar-refractivity contribution is 5.80. The van der Waals surface area contributed by atoms with Gasteiger partial charge in [0.05, 0.1) is 0 Å². The molecule has 0 saturated heterocycles. The number of allylic oxidation sites excluding steroid dienone is 1. The Kier molecular flexibility index (Phi) is 33.6. The van der Waals surface area contributed by atoms with Crippen LogP contribution in [0.2, 0.25) is 0 Å². The Morgan fingerprint density at radius 2 is 1.00 bits per heavy atom. The maximum Gasteiger partial charge on any atom is 0.322 e. The molecule has 0 aliphatic rings. The minimum Gasteiger partial charge on any atom is -0.480 e. The van der Waals surface area contributed by atoms with E-state index in [1.807, 2.05) is 0 Å². The summed E-state index contributed by atoms with van der Waals surface area (Å²) in [4.78, 5) is 34.8. The van der Waals surface area contributed by atoms with Gasteiger partial charge in [0.15, 0.2) is 0 Å². The summed E-state index contributed by atoms with van der Waals surface area (Å²) in [5, 5.41) is 11.1. The minimum absolute atomic E-state index is 0.0790. The average molecular weight is 636 g/mol. The number of rotatable bonds is 35. The van der Waals surface area contributed by atoms with E-state index in [9.17, 15) is 14.4 Å². The molecule has 0 spiro atoms. The number of unbranched alkanes of at least 4 members (excludes halogenated alkanes) is 24. The van der Waals surface area contributed by atoms with Gasteiger partial charge in [-0.25, -0.2) is 0 Å². The van der Waals surface area contributed by atoms with E-state index >= 15 is 0 Å². The third-order valence-electron chi connectivity index (χ3n) is 8.67. The molecule has 0 bridgehead atoms. The standard InChI is InChI=1S/C39H73NO5/c1-3-5-7-9-11-13-14-15-16-17-18-19-20-22-24-30-34-39(44)45-36(31-27-23-21-12-10-8-6-4-2)32-28-25-26-29-33-37(41)40-35-38(42)43/h27,31,36H,3-26,28-30,32-35H2,1-2H3,(H,40,41)(H,42,43)/b31-27-. The molecule has 0 aromatic rings.